The number of thioether (sulfide) groups is 1. The Balaban J connectivity index is 2.26. The Hall–Kier alpha value is -1.00. The first-order valence-corrected chi connectivity index (χ1v) is 7.77. The van der Waals surface area contributed by atoms with Gasteiger partial charge in [-0.05, 0) is 24.7 Å². The molecule has 0 saturated carbocycles. The van der Waals surface area contributed by atoms with Gasteiger partial charge < -0.3 is 10.4 Å². The molecule has 2 nitrogen and oxygen atoms in total. The maximum atomic E-state index is 10.4. The van der Waals surface area contributed by atoms with E-state index in [2.05, 4.69) is 5.32 Å². The summed E-state index contributed by atoms with van der Waals surface area (Å²) in [5.74, 6) is 0. The van der Waals surface area contributed by atoms with E-state index in [1.807, 2.05) is 61.6 Å². The van der Waals surface area contributed by atoms with Gasteiger partial charge in [-0.1, -0.05) is 54.1 Å². The van der Waals surface area contributed by atoms with Crippen molar-refractivity contribution in [3.05, 3.63) is 65.2 Å². The van der Waals surface area contributed by atoms with Gasteiger partial charge in [-0.2, -0.15) is 0 Å². The van der Waals surface area contributed by atoms with Crippen LogP contribution in [0.15, 0.2) is 59.5 Å². The van der Waals surface area contributed by atoms with Crippen molar-refractivity contribution in [1.82, 2.24) is 5.32 Å². The number of likely N-dealkylation sites (N-methyl/N-ethyl adjacent to an activating group) is 1. The molecule has 0 heterocycles. The Morgan fingerprint density at radius 3 is 2.40 bits per heavy atom. The van der Waals surface area contributed by atoms with E-state index in [0.29, 0.717) is 6.54 Å². The Kier molecular flexibility index (Phi) is 5.92. The quantitative estimate of drug-likeness (QED) is 0.797. The number of aliphatic hydroxyl groups excluding tert-OH is 1. The summed E-state index contributed by atoms with van der Waals surface area (Å²) < 4.78 is 0. The highest BCUT2D eigenvalue weighted by Crippen LogP contribution is 2.40. The van der Waals surface area contributed by atoms with Crippen LogP contribution in [0, 0.1) is 0 Å². The smallest absolute Gasteiger partial charge is 0.0827 e. The minimum absolute atomic E-state index is 0.0523. The largest absolute Gasteiger partial charge is 0.390 e. The Morgan fingerprint density at radius 1 is 1.10 bits per heavy atom. The molecule has 0 fully saturated rings. The first-order chi connectivity index (χ1) is 9.72. The lowest BCUT2D eigenvalue weighted by Crippen LogP contribution is -2.28. The van der Waals surface area contributed by atoms with E-state index in [9.17, 15) is 5.11 Å². The molecule has 2 rings (SSSR count). The van der Waals surface area contributed by atoms with Gasteiger partial charge in [-0.25, -0.2) is 0 Å². The molecule has 0 aromatic heterocycles. The highest BCUT2D eigenvalue weighted by atomic mass is 35.5. The van der Waals surface area contributed by atoms with Crippen molar-refractivity contribution in [2.75, 3.05) is 13.6 Å². The number of halogens is 1. The number of hydrogen-bond donors (Lipinski definition) is 2. The topological polar surface area (TPSA) is 32.3 Å². The molecule has 2 N–H and O–H groups in total. The van der Waals surface area contributed by atoms with Gasteiger partial charge in [0.05, 0.1) is 16.4 Å². The van der Waals surface area contributed by atoms with Gasteiger partial charge in [-0.15, -0.1) is 11.8 Å². The van der Waals surface area contributed by atoms with E-state index >= 15 is 0 Å². The molecule has 0 unspecified atom stereocenters. The van der Waals surface area contributed by atoms with E-state index in [1.165, 1.54) is 0 Å². The molecule has 0 amide bonds. The van der Waals surface area contributed by atoms with Crippen LogP contribution in [0.5, 0.6) is 0 Å². The van der Waals surface area contributed by atoms with E-state index in [-0.39, 0.29) is 5.25 Å². The summed E-state index contributed by atoms with van der Waals surface area (Å²) in [6.07, 6.45) is -0.483. The maximum Gasteiger partial charge on any atom is 0.0827 e. The SMILES string of the molecule is CNC[C@H](O)[C@H](Sc1ccccc1Cl)c1ccccc1. The molecule has 0 aliphatic rings. The van der Waals surface area contributed by atoms with E-state index in [0.717, 1.165) is 15.5 Å². The maximum absolute atomic E-state index is 10.4. The van der Waals surface area contributed by atoms with Crippen LogP contribution in [0.25, 0.3) is 0 Å². The third-order valence-electron chi connectivity index (χ3n) is 2.98. The van der Waals surface area contributed by atoms with Crippen LogP contribution in [0.3, 0.4) is 0 Å². The van der Waals surface area contributed by atoms with Gasteiger partial charge in [-0.3, -0.25) is 0 Å². The molecule has 0 spiro atoms. The number of rotatable bonds is 6. The summed E-state index contributed by atoms with van der Waals surface area (Å²) in [5, 5.41) is 14.1. The molecule has 20 heavy (non-hydrogen) atoms. The molecule has 0 bridgehead atoms. The third-order valence-corrected chi connectivity index (χ3v) is 4.87. The van der Waals surface area contributed by atoms with Crippen molar-refractivity contribution < 1.29 is 5.11 Å². The zero-order valence-corrected chi connectivity index (χ0v) is 12.9. The van der Waals surface area contributed by atoms with Crippen molar-refractivity contribution in [1.29, 1.82) is 0 Å². The molecule has 0 aliphatic heterocycles. The monoisotopic (exact) mass is 307 g/mol. The molecule has 2 atom stereocenters. The second kappa shape index (κ2) is 7.70. The van der Waals surface area contributed by atoms with Crippen molar-refractivity contribution in [3.8, 4) is 0 Å². The summed E-state index contributed by atoms with van der Waals surface area (Å²) in [4.78, 5) is 0.984. The second-order valence-corrected chi connectivity index (χ2v) is 6.10. The predicted octanol–water partition coefficient (Wildman–Crippen LogP) is 3.75. The van der Waals surface area contributed by atoms with Crippen LogP contribution in [-0.2, 0) is 0 Å². The minimum atomic E-state index is -0.483. The minimum Gasteiger partial charge on any atom is -0.390 e. The summed E-state index contributed by atoms with van der Waals surface area (Å²) in [7, 11) is 1.84. The zero-order valence-electron chi connectivity index (χ0n) is 11.3. The summed E-state index contributed by atoms with van der Waals surface area (Å²) in [5.41, 5.74) is 1.10. The molecule has 0 radical (unpaired) electrons. The van der Waals surface area contributed by atoms with Gasteiger partial charge in [0, 0.05) is 11.4 Å². The van der Waals surface area contributed by atoms with Crippen molar-refractivity contribution >= 4 is 23.4 Å². The highest BCUT2D eigenvalue weighted by molar-refractivity contribution is 7.99. The molecule has 0 aliphatic carbocycles. The van der Waals surface area contributed by atoms with Crippen molar-refractivity contribution in [2.24, 2.45) is 0 Å². The van der Waals surface area contributed by atoms with Crippen LogP contribution in [-0.4, -0.2) is 24.8 Å². The zero-order chi connectivity index (χ0) is 14.4. The molecule has 4 heteroatoms. The average Bonchev–Trinajstić information content (AvgIpc) is 2.47. The van der Waals surface area contributed by atoms with Crippen molar-refractivity contribution in [3.63, 3.8) is 0 Å². The van der Waals surface area contributed by atoms with Crippen LogP contribution in [0.4, 0.5) is 0 Å². The summed E-state index contributed by atoms with van der Waals surface area (Å²) >= 11 is 7.81. The Morgan fingerprint density at radius 2 is 1.75 bits per heavy atom. The molecule has 2 aromatic carbocycles. The first kappa shape index (κ1) is 15.4. The highest BCUT2D eigenvalue weighted by Gasteiger charge is 2.22. The lowest BCUT2D eigenvalue weighted by atomic mass is 10.1. The van der Waals surface area contributed by atoms with Crippen LogP contribution in [0.1, 0.15) is 10.8 Å². The summed E-state index contributed by atoms with van der Waals surface area (Å²) in [6, 6.07) is 17.7. The van der Waals surface area contributed by atoms with Gasteiger partial charge >= 0.3 is 0 Å². The predicted molar refractivity (Wildman–Crippen MR) is 86.4 cm³/mol. The molecule has 106 valence electrons. The van der Waals surface area contributed by atoms with E-state index in [4.69, 9.17) is 11.6 Å². The second-order valence-electron chi connectivity index (χ2n) is 4.50. The third kappa shape index (κ3) is 4.00. The summed E-state index contributed by atoms with van der Waals surface area (Å²) in [6.45, 7) is 0.539. The lowest BCUT2D eigenvalue weighted by Gasteiger charge is -2.23. The van der Waals surface area contributed by atoms with Gasteiger partial charge in [0.1, 0.15) is 0 Å². The standard InChI is InChI=1S/C16H18ClNOS/c1-18-11-14(19)16(12-7-3-2-4-8-12)20-15-10-6-5-9-13(15)17/h2-10,14,16,18-19H,11H2,1H3/t14-,16+/m0/s1. The van der Waals surface area contributed by atoms with Gasteiger partial charge in [0.15, 0.2) is 0 Å². The molecular formula is C16H18ClNOS. The average molecular weight is 308 g/mol. The van der Waals surface area contributed by atoms with Crippen LogP contribution < -0.4 is 5.32 Å². The van der Waals surface area contributed by atoms with Gasteiger partial charge in [0.2, 0.25) is 0 Å². The normalized spacial score (nSPS) is 13.9. The molecule has 0 saturated heterocycles. The number of aliphatic hydroxyl groups is 1. The van der Waals surface area contributed by atoms with E-state index in [1.54, 1.807) is 11.8 Å². The molecular weight excluding hydrogens is 290 g/mol. The fourth-order valence-corrected chi connectivity index (χ4v) is 3.43. The lowest BCUT2D eigenvalue weighted by molar-refractivity contribution is 0.171. The number of hydrogen-bond acceptors (Lipinski definition) is 3. The molecule has 2 aromatic rings. The van der Waals surface area contributed by atoms with E-state index < -0.39 is 6.10 Å². The Bertz CT molecular complexity index is 535. The number of benzene rings is 2. The van der Waals surface area contributed by atoms with Crippen molar-refractivity contribution in [2.45, 2.75) is 16.2 Å². The van der Waals surface area contributed by atoms with Crippen LogP contribution in [0.2, 0.25) is 5.02 Å². The number of nitrogens with one attached hydrogen (secondary N) is 1. The van der Waals surface area contributed by atoms with Gasteiger partial charge in [0.25, 0.3) is 0 Å². The Labute approximate surface area is 129 Å². The van der Waals surface area contributed by atoms with Crippen LogP contribution >= 0.6 is 23.4 Å². The fourth-order valence-electron chi connectivity index (χ4n) is 2.00. The fraction of sp³-hybridized carbons (Fsp3) is 0.250. The first-order valence-electron chi connectivity index (χ1n) is 6.51.